The molecule has 0 aliphatic carbocycles. The molecule has 0 radical (unpaired) electrons. The van der Waals surface area contributed by atoms with Crippen LogP contribution in [0.4, 0.5) is 8.78 Å². The molecular weight excluding hydrogens is 558 g/mol. The number of pyridine rings is 1. The predicted molar refractivity (Wildman–Crippen MR) is 154 cm³/mol. The Bertz CT molecular complexity index is 1980. The largest absolute Gasteiger partial charge is 0.488 e. The summed E-state index contributed by atoms with van der Waals surface area (Å²) in [5.41, 5.74) is 2.25. The van der Waals surface area contributed by atoms with E-state index < -0.39 is 47.6 Å². The van der Waals surface area contributed by atoms with E-state index in [9.17, 15) is 19.5 Å². The van der Waals surface area contributed by atoms with Crippen LogP contribution in [-0.4, -0.2) is 21.6 Å². The van der Waals surface area contributed by atoms with Gasteiger partial charge in [0.25, 0.3) is 5.56 Å². The van der Waals surface area contributed by atoms with Crippen LogP contribution in [-0.2, 0) is 16.2 Å². The van der Waals surface area contributed by atoms with Crippen LogP contribution in [0.15, 0.2) is 82.3 Å². The minimum Gasteiger partial charge on any atom is -0.488 e. The molecule has 0 saturated carbocycles. The number of nitrogens with one attached hydrogen (secondary N) is 1. The highest BCUT2D eigenvalue weighted by Crippen LogP contribution is 2.38. The Kier molecular flexibility index (Phi) is 7.05. The third-order valence-corrected chi connectivity index (χ3v) is 7.70. The first-order chi connectivity index (χ1) is 20.6. The molecule has 1 amide bonds. The van der Waals surface area contributed by atoms with Gasteiger partial charge in [-0.25, -0.2) is 8.78 Å². The van der Waals surface area contributed by atoms with Crippen LogP contribution in [0, 0.1) is 25.5 Å². The van der Waals surface area contributed by atoms with E-state index in [0.717, 1.165) is 10.1 Å². The number of aromatic nitrogens is 1. The zero-order valence-corrected chi connectivity index (χ0v) is 23.2. The molecule has 10 heteroatoms. The molecular formula is C33H26F2N2O6. The summed E-state index contributed by atoms with van der Waals surface area (Å²) in [5.74, 6) is -3.18. The molecule has 2 aromatic heterocycles. The molecule has 0 fully saturated rings. The summed E-state index contributed by atoms with van der Waals surface area (Å²) in [5, 5.41) is 12.6. The number of carboxylic acid groups (broad SMARTS) is 1. The number of halogens is 2. The molecule has 8 nitrogen and oxygen atoms in total. The summed E-state index contributed by atoms with van der Waals surface area (Å²) in [6.07, 6.45) is 1.96. The van der Waals surface area contributed by atoms with E-state index in [0.29, 0.717) is 22.4 Å². The third-order valence-electron chi connectivity index (χ3n) is 7.70. The normalized spacial score (nSPS) is 16.6. The molecule has 5 aromatic rings. The number of fused-ring (bicyclic) bond motifs is 7. The van der Waals surface area contributed by atoms with Gasteiger partial charge in [-0.2, -0.15) is 0 Å². The second-order valence-corrected chi connectivity index (χ2v) is 10.6. The smallest absolute Gasteiger partial charge is 0.305 e. The van der Waals surface area contributed by atoms with Crippen molar-refractivity contribution in [3.8, 4) is 16.9 Å². The van der Waals surface area contributed by atoms with Gasteiger partial charge in [-0.05, 0) is 78.6 Å². The summed E-state index contributed by atoms with van der Waals surface area (Å²) in [7, 11) is 0. The maximum atomic E-state index is 15.8. The molecule has 0 unspecified atom stereocenters. The van der Waals surface area contributed by atoms with Gasteiger partial charge in [-0.15, -0.1) is 0 Å². The summed E-state index contributed by atoms with van der Waals surface area (Å²) in [4.78, 5) is 39.6. The monoisotopic (exact) mass is 584 g/mol. The van der Waals surface area contributed by atoms with Gasteiger partial charge in [-0.1, -0.05) is 18.2 Å². The number of nitrogens with zero attached hydrogens (tertiary/aromatic N) is 1. The Hall–Kier alpha value is -5.25. The first-order valence-electron chi connectivity index (χ1n) is 13.5. The molecule has 2 atom stereocenters. The number of carbonyl (C=O) groups excluding carboxylic acids is 1. The fraction of sp³-hybridized carbons (Fsp3) is 0.182. The maximum absolute atomic E-state index is 15.8. The molecule has 1 aliphatic rings. The highest BCUT2D eigenvalue weighted by molar-refractivity contribution is 5.86. The lowest BCUT2D eigenvalue weighted by atomic mass is 9.91. The Labute approximate surface area is 244 Å². The van der Waals surface area contributed by atoms with Gasteiger partial charge in [0.2, 0.25) is 5.91 Å². The van der Waals surface area contributed by atoms with E-state index in [2.05, 4.69) is 5.32 Å². The molecule has 6 rings (SSSR count). The number of aryl methyl sites for hydroxylation is 2. The van der Waals surface area contributed by atoms with Crippen LogP contribution < -0.4 is 15.6 Å². The standard InChI is InChI=1S/C33H26F2N2O6/c1-17-4-3-5-27-29(17)20-12-18(2)30(35)23(14-20)25(15-28(38)39)36-32(40)31(22-13-19(16-43-27)6-7-24(22)34)37-10-8-26-21(33(37)41)9-11-42-26/h3-14,25,31H,15-16H2,1-2H3,(H,36,40)(H,38,39)/t25-,31-/m1/s1. The lowest BCUT2D eigenvalue weighted by Gasteiger charge is -2.26. The van der Waals surface area contributed by atoms with E-state index in [-0.39, 0.29) is 34.3 Å². The second-order valence-electron chi connectivity index (χ2n) is 10.6. The van der Waals surface area contributed by atoms with Gasteiger partial charge in [0.1, 0.15) is 35.6 Å². The number of hydrogen-bond donors (Lipinski definition) is 2. The highest BCUT2D eigenvalue weighted by Gasteiger charge is 2.32. The van der Waals surface area contributed by atoms with Gasteiger partial charge in [0.15, 0.2) is 0 Å². The predicted octanol–water partition coefficient (Wildman–Crippen LogP) is 5.97. The summed E-state index contributed by atoms with van der Waals surface area (Å²) >= 11 is 0. The highest BCUT2D eigenvalue weighted by atomic mass is 19.1. The minimum absolute atomic E-state index is 0.00239. The first kappa shape index (κ1) is 27.9. The zero-order chi connectivity index (χ0) is 30.4. The SMILES string of the molecule is Cc1cc2cc(c1F)[C@@H](CC(=O)O)NC(=O)[C@H](n1ccc3occc3c1=O)c1cc(ccc1F)COc1cccc(C)c1-2. The summed E-state index contributed by atoms with van der Waals surface area (Å²) in [6.45, 7) is 3.42. The average Bonchev–Trinajstić information content (AvgIpc) is 3.45. The number of amides is 1. The van der Waals surface area contributed by atoms with E-state index in [4.69, 9.17) is 9.15 Å². The van der Waals surface area contributed by atoms with Gasteiger partial charge in [0, 0.05) is 22.9 Å². The Balaban J connectivity index is 1.62. The average molecular weight is 585 g/mol. The fourth-order valence-electron chi connectivity index (χ4n) is 5.65. The third kappa shape index (κ3) is 5.05. The van der Waals surface area contributed by atoms with Crippen LogP contribution in [0.1, 0.15) is 46.3 Å². The molecule has 43 heavy (non-hydrogen) atoms. The quantitative estimate of drug-likeness (QED) is 0.270. The first-order valence-corrected chi connectivity index (χ1v) is 13.5. The number of furan rings is 1. The molecule has 1 aliphatic heterocycles. The summed E-state index contributed by atoms with van der Waals surface area (Å²) < 4.78 is 43.9. The molecule has 0 saturated heterocycles. The van der Waals surface area contributed by atoms with Crippen LogP contribution in [0.25, 0.3) is 22.1 Å². The lowest BCUT2D eigenvalue weighted by Crippen LogP contribution is -2.40. The Morgan fingerprint density at radius 1 is 1.02 bits per heavy atom. The van der Waals surface area contributed by atoms with Crippen molar-refractivity contribution in [1.29, 1.82) is 0 Å². The minimum atomic E-state index is -1.58. The van der Waals surface area contributed by atoms with Crippen molar-refractivity contribution in [1.82, 2.24) is 9.88 Å². The van der Waals surface area contributed by atoms with Gasteiger partial charge in [-0.3, -0.25) is 19.0 Å². The van der Waals surface area contributed by atoms with Gasteiger partial charge >= 0.3 is 5.97 Å². The lowest BCUT2D eigenvalue weighted by molar-refractivity contribution is -0.137. The maximum Gasteiger partial charge on any atom is 0.305 e. The van der Waals surface area contributed by atoms with Crippen LogP contribution in [0.3, 0.4) is 0 Å². The number of rotatable bonds is 3. The van der Waals surface area contributed by atoms with Crippen molar-refractivity contribution in [3.63, 3.8) is 0 Å². The summed E-state index contributed by atoms with van der Waals surface area (Å²) in [6, 6.07) is 12.7. The van der Waals surface area contributed by atoms with Crippen molar-refractivity contribution in [3.05, 3.63) is 123 Å². The Morgan fingerprint density at radius 3 is 2.63 bits per heavy atom. The molecule has 0 spiro atoms. The molecule has 3 aromatic carbocycles. The molecule has 3 heterocycles. The van der Waals surface area contributed by atoms with Gasteiger partial charge < -0.3 is 19.6 Å². The Morgan fingerprint density at radius 2 is 1.84 bits per heavy atom. The van der Waals surface area contributed by atoms with E-state index in [1.54, 1.807) is 19.1 Å². The number of benzene rings is 3. The molecule has 4 bridgehead atoms. The van der Waals surface area contributed by atoms with E-state index >= 15 is 8.78 Å². The van der Waals surface area contributed by atoms with E-state index in [1.165, 1.54) is 48.9 Å². The molecule has 218 valence electrons. The number of carboxylic acids is 1. The van der Waals surface area contributed by atoms with Crippen molar-refractivity contribution >= 4 is 22.8 Å². The number of hydrogen-bond acceptors (Lipinski definition) is 5. The van der Waals surface area contributed by atoms with E-state index in [1.807, 2.05) is 19.1 Å². The topological polar surface area (TPSA) is 111 Å². The van der Waals surface area contributed by atoms with Crippen molar-refractivity contribution < 1.29 is 32.6 Å². The second kappa shape index (κ2) is 10.9. The number of carbonyl (C=O) groups is 2. The zero-order valence-electron chi connectivity index (χ0n) is 23.2. The van der Waals surface area contributed by atoms with Crippen molar-refractivity contribution in [2.24, 2.45) is 0 Å². The number of aliphatic carboxylic acids is 1. The number of ether oxygens (including phenoxy) is 1. The fourth-order valence-corrected chi connectivity index (χ4v) is 5.65. The van der Waals surface area contributed by atoms with Crippen molar-refractivity contribution in [2.45, 2.75) is 39.0 Å². The van der Waals surface area contributed by atoms with Crippen LogP contribution >= 0.6 is 0 Å². The molecule has 2 N–H and O–H groups in total. The van der Waals surface area contributed by atoms with Crippen molar-refractivity contribution in [2.75, 3.05) is 0 Å². The van der Waals surface area contributed by atoms with Crippen LogP contribution in [0.5, 0.6) is 5.75 Å². The van der Waals surface area contributed by atoms with Gasteiger partial charge in [0.05, 0.1) is 24.1 Å². The van der Waals surface area contributed by atoms with Crippen LogP contribution in [0.2, 0.25) is 0 Å².